The molecule has 27 heavy (non-hydrogen) atoms. The van der Waals surface area contributed by atoms with Gasteiger partial charge in [-0.3, -0.25) is 0 Å². The van der Waals surface area contributed by atoms with E-state index in [0.29, 0.717) is 30.8 Å². The Labute approximate surface area is 156 Å². The Bertz CT molecular complexity index is 947. The van der Waals surface area contributed by atoms with Crippen molar-refractivity contribution in [3.05, 3.63) is 59.2 Å². The molecule has 0 saturated carbocycles. The molecule has 0 spiro atoms. The molecule has 0 unspecified atom stereocenters. The maximum absolute atomic E-state index is 12.5. The third-order valence-electron chi connectivity index (χ3n) is 4.38. The van der Waals surface area contributed by atoms with Crippen molar-refractivity contribution in [2.75, 3.05) is 37.8 Å². The molecule has 3 rings (SSSR count). The van der Waals surface area contributed by atoms with Crippen molar-refractivity contribution in [1.29, 1.82) is 0 Å². The van der Waals surface area contributed by atoms with E-state index in [0.717, 1.165) is 16.6 Å². The summed E-state index contributed by atoms with van der Waals surface area (Å²) < 4.78 is 7.35. The largest absolute Gasteiger partial charge is 0.422 e. The molecule has 1 aromatic carbocycles. The lowest BCUT2D eigenvalue weighted by molar-refractivity contribution is -0.698. The highest BCUT2D eigenvalue weighted by Gasteiger charge is 2.12. The van der Waals surface area contributed by atoms with Gasteiger partial charge in [-0.15, -0.1) is 0 Å². The first-order chi connectivity index (χ1) is 13.2. The first kappa shape index (κ1) is 19.0. The number of rotatable bonds is 8. The van der Waals surface area contributed by atoms with E-state index in [1.165, 1.54) is 0 Å². The fourth-order valence-electron chi connectivity index (χ4n) is 3.01. The lowest BCUT2D eigenvalue weighted by Crippen LogP contribution is -2.34. The molecule has 0 radical (unpaired) electrons. The molecule has 0 bridgehead atoms. The summed E-state index contributed by atoms with van der Waals surface area (Å²) in [4.78, 5) is 14.3. The Morgan fingerprint density at radius 3 is 2.26 bits per heavy atom. The van der Waals surface area contributed by atoms with Crippen molar-refractivity contribution in [3.8, 4) is 11.1 Å². The molecule has 0 aliphatic rings. The molecule has 7 heteroatoms. The average Bonchev–Trinajstić information content (AvgIpc) is 2.68. The number of hydrogen-bond acceptors (Lipinski definition) is 6. The second-order valence-corrected chi connectivity index (χ2v) is 6.15. The third kappa shape index (κ3) is 4.33. The fourth-order valence-corrected chi connectivity index (χ4v) is 3.01. The summed E-state index contributed by atoms with van der Waals surface area (Å²) in [6.45, 7) is 1.23. The Kier molecular flexibility index (Phi) is 6.18. The SMILES string of the molecule is O=c1oc2cc(N(CCO)CCO)ccc2cc1-c1cc[n+](CCO)cc1. The zero-order chi connectivity index (χ0) is 19.2. The molecule has 0 aliphatic carbocycles. The Morgan fingerprint density at radius 2 is 1.63 bits per heavy atom. The molecule has 0 amide bonds. The van der Waals surface area contributed by atoms with Crippen LogP contribution in [0.15, 0.2) is 58.0 Å². The van der Waals surface area contributed by atoms with Crippen LogP contribution < -0.4 is 15.1 Å². The van der Waals surface area contributed by atoms with Gasteiger partial charge in [0.15, 0.2) is 18.9 Å². The molecule has 3 aromatic rings. The number of pyridine rings is 1. The summed E-state index contributed by atoms with van der Waals surface area (Å²) in [7, 11) is 0. The van der Waals surface area contributed by atoms with Crippen LogP contribution in [0, 0.1) is 0 Å². The number of hydrogen-bond donors (Lipinski definition) is 3. The summed E-state index contributed by atoms with van der Waals surface area (Å²) in [5, 5.41) is 28.1. The topological polar surface area (TPSA) is 98.0 Å². The molecular weight excluding hydrogens is 348 g/mol. The predicted octanol–water partition coefficient (Wildman–Crippen LogP) is 0.531. The fraction of sp³-hybridized carbons (Fsp3) is 0.300. The zero-order valence-corrected chi connectivity index (χ0v) is 14.9. The van der Waals surface area contributed by atoms with E-state index in [-0.39, 0.29) is 19.8 Å². The van der Waals surface area contributed by atoms with Crippen LogP contribution in [0.5, 0.6) is 0 Å². The van der Waals surface area contributed by atoms with Gasteiger partial charge in [-0.2, -0.15) is 0 Å². The Hall–Kier alpha value is -2.74. The highest BCUT2D eigenvalue weighted by atomic mass is 16.4. The van der Waals surface area contributed by atoms with Crippen molar-refractivity contribution in [2.24, 2.45) is 0 Å². The van der Waals surface area contributed by atoms with Gasteiger partial charge in [-0.25, -0.2) is 9.36 Å². The minimum Gasteiger partial charge on any atom is -0.422 e. The molecule has 2 heterocycles. The van der Waals surface area contributed by atoms with Crippen LogP contribution in [-0.2, 0) is 6.54 Å². The van der Waals surface area contributed by atoms with Gasteiger partial charge in [0.2, 0.25) is 0 Å². The van der Waals surface area contributed by atoms with Crippen molar-refractivity contribution in [1.82, 2.24) is 0 Å². The van der Waals surface area contributed by atoms with Gasteiger partial charge >= 0.3 is 5.63 Å². The highest BCUT2D eigenvalue weighted by molar-refractivity contribution is 5.84. The first-order valence-corrected chi connectivity index (χ1v) is 8.81. The van der Waals surface area contributed by atoms with Gasteiger partial charge in [-0.05, 0) is 18.2 Å². The number of aliphatic hydroxyl groups excluding tert-OH is 3. The van der Waals surface area contributed by atoms with Crippen LogP contribution in [0.1, 0.15) is 0 Å². The van der Waals surface area contributed by atoms with Gasteiger partial charge in [-0.1, -0.05) is 0 Å². The van der Waals surface area contributed by atoms with E-state index in [4.69, 9.17) is 9.52 Å². The number of aromatic nitrogens is 1. The van der Waals surface area contributed by atoms with E-state index in [1.54, 1.807) is 24.5 Å². The molecule has 7 nitrogen and oxygen atoms in total. The molecule has 0 atom stereocenters. The molecule has 0 saturated heterocycles. The van der Waals surface area contributed by atoms with Crippen molar-refractivity contribution in [2.45, 2.75) is 6.54 Å². The van der Waals surface area contributed by atoms with E-state index in [1.807, 2.05) is 33.7 Å². The number of fused-ring (bicyclic) bond motifs is 1. The Balaban J connectivity index is 1.97. The number of nitrogens with zero attached hydrogens (tertiary/aromatic N) is 2. The molecule has 3 N–H and O–H groups in total. The smallest absolute Gasteiger partial charge is 0.344 e. The summed E-state index contributed by atoms with van der Waals surface area (Å²) in [6.07, 6.45) is 3.61. The maximum atomic E-state index is 12.5. The summed E-state index contributed by atoms with van der Waals surface area (Å²) in [5.74, 6) is 0. The standard InChI is InChI=1S/C20H23N2O5/c23-10-7-21-5-3-15(4-6-21)18-13-16-1-2-17(14-19(16)27-20(18)26)22(8-11-24)9-12-25/h1-6,13-14,23-25H,7-12H2/q+1. The normalized spacial score (nSPS) is 11.1. The van der Waals surface area contributed by atoms with Gasteiger partial charge in [0.25, 0.3) is 0 Å². The number of benzene rings is 1. The zero-order valence-electron chi connectivity index (χ0n) is 14.9. The van der Waals surface area contributed by atoms with Gasteiger partial charge in [0.1, 0.15) is 12.2 Å². The lowest BCUT2D eigenvalue weighted by Gasteiger charge is -2.23. The Morgan fingerprint density at radius 1 is 0.926 bits per heavy atom. The van der Waals surface area contributed by atoms with Crippen LogP contribution in [-0.4, -0.2) is 48.2 Å². The quantitative estimate of drug-likeness (QED) is 0.395. The minimum absolute atomic E-state index is 0.0365. The van der Waals surface area contributed by atoms with E-state index in [2.05, 4.69) is 0 Å². The number of aliphatic hydroxyl groups is 3. The average molecular weight is 371 g/mol. The predicted molar refractivity (Wildman–Crippen MR) is 102 cm³/mol. The second-order valence-electron chi connectivity index (χ2n) is 6.15. The van der Waals surface area contributed by atoms with Crippen molar-refractivity contribution in [3.63, 3.8) is 0 Å². The molecule has 2 aromatic heterocycles. The van der Waals surface area contributed by atoms with Crippen LogP contribution >= 0.6 is 0 Å². The van der Waals surface area contributed by atoms with Crippen LogP contribution in [0.25, 0.3) is 22.1 Å². The minimum atomic E-state index is -0.435. The molecule has 0 aliphatic heterocycles. The van der Waals surface area contributed by atoms with Crippen molar-refractivity contribution < 1.29 is 24.3 Å². The van der Waals surface area contributed by atoms with Gasteiger partial charge in [0, 0.05) is 47.9 Å². The lowest BCUT2D eigenvalue weighted by atomic mass is 10.1. The second kappa shape index (κ2) is 8.77. The van der Waals surface area contributed by atoms with E-state index in [9.17, 15) is 15.0 Å². The van der Waals surface area contributed by atoms with Crippen LogP contribution in [0.2, 0.25) is 0 Å². The molecular formula is C20H23N2O5+. The third-order valence-corrected chi connectivity index (χ3v) is 4.38. The first-order valence-electron chi connectivity index (χ1n) is 8.81. The summed E-state index contributed by atoms with van der Waals surface area (Å²) in [6, 6.07) is 10.9. The van der Waals surface area contributed by atoms with E-state index >= 15 is 0 Å². The summed E-state index contributed by atoms with van der Waals surface area (Å²) in [5.41, 5.74) is 2.00. The molecule has 0 fully saturated rings. The molecule has 142 valence electrons. The highest BCUT2D eigenvalue weighted by Crippen LogP contribution is 2.24. The maximum Gasteiger partial charge on any atom is 0.344 e. The van der Waals surface area contributed by atoms with Crippen molar-refractivity contribution >= 4 is 16.7 Å². The van der Waals surface area contributed by atoms with Gasteiger partial charge in [0.05, 0.1) is 18.8 Å². The summed E-state index contributed by atoms with van der Waals surface area (Å²) >= 11 is 0. The van der Waals surface area contributed by atoms with Crippen LogP contribution in [0.4, 0.5) is 5.69 Å². The number of anilines is 1. The monoisotopic (exact) mass is 371 g/mol. The van der Waals surface area contributed by atoms with Crippen LogP contribution in [0.3, 0.4) is 0 Å². The van der Waals surface area contributed by atoms with E-state index < -0.39 is 5.63 Å². The van der Waals surface area contributed by atoms with Gasteiger partial charge < -0.3 is 24.6 Å².